The van der Waals surface area contributed by atoms with Crippen LogP contribution in [0, 0.1) is 0 Å². The summed E-state index contributed by atoms with van der Waals surface area (Å²) in [4.78, 5) is 0. The molecule has 1 heterocycles. The van der Waals surface area contributed by atoms with E-state index >= 15 is 0 Å². The Hall–Kier alpha value is -3.40. The Morgan fingerprint density at radius 3 is 2.09 bits per heavy atom. The zero-order valence-corrected chi connectivity index (χ0v) is 22.0. The number of fused-ring (bicyclic) bond motifs is 3. The van der Waals surface area contributed by atoms with Gasteiger partial charge in [0.2, 0.25) is 0 Å². The van der Waals surface area contributed by atoms with Gasteiger partial charge in [-0.25, -0.2) is 0 Å². The fourth-order valence-corrected chi connectivity index (χ4v) is 5.58. The van der Waals surface area contributed by atoms with Gasteiger partial charge >= 0.3 is 0 Å². The third kappa shape index (κ3) is 4.05. The first-order chi connectivity index (χ1) is 17.2. The van der Waals surface area contributed by atoms with Gasteiger partial charge in [0.05, 0.1) is 15.5 Å². The van der Waals surface area contributed by atoms with Crippen molar-refractivity contribution in [3.8, 4) is 5.69 Å². The van der Waals surface area contributed by atoms with Gasteiger partial charge in [-0.2, -0.15) is 0 Å². The fourth-order valence-electron chi connectivity index (χ4n) is 4.74. The van der Waals surface area contributed by atoms with Crippen molar-refractivity contribution < 1.29 is 0 Å². The third-order valence-corrected chi connectivity index (χ3v) is 8.33. The van der Waals surface area contributed by atoms with Gasteiger partial charge in [0.15, 0.2) is 0 Å². The third-order valence-electron chi connectivity index (χ3n) is 6.34. The summed E-state index contributed by atoms with van der Waals surface area (Å²) in [5, 5.41) is 2.47. The standard InChI is InChI=1S/C32H21Br2N/c33-29-19-18-27-26-16-7-8-17-30(26)35(32(27)31(29)34)25-15-9-14-24(21-25)28(23-12-5-2-6-13-23)20-22-10-3-1-4-11-22/h1-21H. The molecule has 0 fully saturated rings. The first-order valence-corrected chi connectivity index (χ1v) is 13.1. The van der Waals surface area contributed by atoms with E-state index in [1.54, 1.807) is 0 Å². The normalized spacial score (nSPS) is 11.9. The largest absolute Gasteiger partial charge is 0.308 e. The highest BCUT2D eigenvalue weighted by Crippen LogP contribution is 2.40. The van der Waals surface area contributed by atoms with E-state index in [-0.39, 0.29) is 0 Å². The first kappa shape index (κ1) is 22.1. The number of aromatic nitrogens is 1. The summed E-state index contributed by atoms with van der Waals surface area (Å²) in [6.07, 6.45) is 2.27. The van der Waals surface area contributed by atoms with Crippen LogP contribution < -0.4 is 0 Å². The van der Waals surface area contributed by atoms with Crippen LogP contribution in [0.4, 0.5) is 0 Å². The molecule has 0 unspecified atom stereocenters. The maximum Gasteiger partial charge on any atom is 0.0694 e. The van der Waals surface area contributed by atoms with Gasteiger partial charge in [0, 0.05) is 20.9 Å². The summed E-state index contributed by atoms with van der Waals surface area (Å²) in [5.74, 6) is 0. The van der Waals surface area contributed by atoms with Crippen molar-refractivity contribution in [3.05, 3.63) is 147 Å². The van der Waals surface area contributed by atoms with Crippen molar-refractivity contribution in [2.45, 2.75) is 0 Å². The topological polar surface area (TPSA) is 4.93 Å². The van der Waals surface area contributed by atoms with Gasteiger partial charge in [0.25, 0.3) is 0 Å². The lowest BCUT2D eigenvalue weighted by molar-refractivity contribution is 1.17. The lowest BCUT2D eigenvalue weighted by atomic mass is 9.95. The van der Waals surface area contributed by atoms with Crippen molar-refractivity contribution in [1.29, 1.82) is 0 Å². The molecular weight excluding hydrogens is 558 g/mol. The monoisotopic (exact) mass is 577 g/mol. The van der Waals surface area contributed by atoms with Crippen molar-refractivity contribution in [2.75, 3.05) is 0 Å². The average Bonchev–Trinajstić information content (AvgIpc) is 3.26. The quantitative estimate of drug-likeness (QED) is 0.183. The molecular formula is C32H21Br2N. The molecule has 1 nitrogen and oxygen atoms in total. The lowest BCUT2D eigenvalue weighted by Gasteiger charge is -2.14. The number of rotatable bonds is 4. The summed E-state index contributed by atoms with van der Waals surface area (Å²) < 4.78 is 4.45. The molecule has 0 saturated carbocycles. The molecule has 0 amide bonds. The Bertz CT molecular complexity index is 1700. The van der Waals surface area contributed by atoms with Crippen LogP contribution in [-0.4, -0.2) is 4.57 Å². The van der Waals surface area contributed by atoms with Crippen LogP contribution in [0.2, 0.25) is 0 Å². The molecule has 0 atom stereocenters. The van der Waals surface area contributed by atoms with Crippen LogP contribution in [0.1, 0.15) is 16.7 Å². The van der Waals surface area contributed by atoms with Gasteiger partial charge in [0.1, 0.15) is 0 Å². The highest BCUT2D eigenvalue weighted by molar-refractivity contribution is 9.13. The van der Waals surface area contributed by atoms with Gasteiger partial charge < -0.3 is 4.57 Å². The highest BCUT2D eigenvalue weighted by atomic mass is 79.9. The molecule has 6 aromatic rings. The molecule has 168 valence electrons. The minimum absolute atomic E-state index is 1.04. The van der Waals surface area contributed by atoms with E-state index < -0.39 is 0 Å². The van der Waals surface area contributed by atoms with Crippen molar-refractivity contribution in [1.82, 2.24) is 4.57 Å². The molecule has 35 heavy (non-hydrogen) atoms. The lowest BCUT2D eigenvalue weighted by Crippen LogP contribution is -1.97. The predicted molar refractivity (Wildman–Crippen MR) is 156 cm³/mol. The molecule has 6 rings (SSSR count). The van der Waals surface area contributed by atoms with Crippen LogP contribution in [-0.2, 0) is 0 Å². The van der Waals surface area contributed by atoms with E-state index in [0.717, 1.165) is 20.1 Å². The highest BCUT2D eigenvalue weighted by Gasteiger charge is 2.17. The molecule has 0 aliphatic rings. The van der Waals surface area contributed by atoms with Crippen LogP contribution in [0.3, 0.4) is 0 Å². The fraction of sp³-hybridized carbons (Fsp3) is 0. The minimum Gasteiger partial charge on any atom is -0.308 e. The average molecular weight is 579 g/mol. The number of hydrogen-bond acceptors (Lipinski definition) is 0. The Kier molecular flexibility index (Phi) is 5.89. The predicted octanol–water partition coefficient (Wildman–Crippen LogP) is 9.90. The molecule has 1 aromatic heterocycles. The molecule has 0 bridgehead atoms. The summed E-state index contributed by atoms with van der Waals surface area (Å²) in [5.41, 5.74) is 8.22. The number of hydrogen-bond donors (Lipinski definition) is 0. The van der Waals surface area contributed by atoms with Crippen LogP contribution in [0.5, 0.6) is 0 Å². The zero-order valence-electron chi connectivity index (χ0n) is 18.8. The van der Waals surface area contributed by atoms with E-state index in [2.05, 4.69) is 164 Å². The molecule has 0 N–H and O–H groups in total. The number of para-hydroxylation sites is 1. The second-order valence-electron chi connectivity index (χ2n) is 8.50. The molecule has 5 aromatic carbocycles. The van der Waals surface area contributed by atoms with Gasteiger partial charge in [-0.3, -0.25) is 0 Å². The minimum atomic E-state index is 1.04. The van der Waals surface area contributed by atoms with Crippen LogP contribution in [0.15, 0.2) is 130 Å². The number of halogens is 2. The summed E-state index contributed by atoms with van der Waals surface area (Å²) >= 11 is 7.57. The van der Waals surface area contributed by atoms with E-state index in [1.807, 2.05) is 0 Å². The SMILES string of the molecule is Brc1ccc2c3ccccc3n(-c3cccc(C(=Cc4ccccc4)c4ccccc4)c3)c2c1Br. The molecule has 0 spiro atoms. The maximum atomic E-state index is 3.86. The molecule has 0 aliphatic heterocycles. The van der Waals surface area contributed by atoms with Gasteiger partial charge in [-0.05, 0) is 84.5 Å². The van der Waals surface area contributed by atoms with Crippen LogP contribution >= 0.6 is 31.9 Å². The second-order valence-corrected chi connectivity index (χ2v) is 10.1. The number of benzene rings is 5. The van der Waals surface area contributed by atoms with Crippen LogP contribution in [0.25, 0.3) is 39.1 Å². The zero-order chi connectivity index (χ0) is 23.8. The van der Waals surface area contributed by atoms with Gasteiger partial charge in [-0.1, -0.05) is 97.1 Å². The van der Waals surface area contributed by atoms with E-state index in [4.69, 9.17) is 0 Å². The Balaban J connectivity index is 1.61. The smallest absolute Gasteiger partial charge is 0.0694 e. The van der Waals surface area contributed by atoms with Gasteiger partial charge in [-0.15, -0.1) is 0 Å². The second kappa shape index (κ2) is 9.33. The maximum absolute atomic E-state index is 3.86. The van der Waals surface area contributed by atoms with Crippen molar-refractivity contribution in [3.63, 3.8) is 0 Å². The first-order valence-electron chi connectivity index (χ1n) is 11.5. The van der Waals surface area contributed by atoms with E-state index in [9.17, 15) is 0 Å². The summed E-state index contributed by atoms with van der Waals surface area (Å²) in [6, 6.07) is 42.9. The van der Waals surface area contributed by atoms with E-state index in [0.29, 0.717) is 0 Å². The summed E-state index contributed by atoms with van der Waals surface area (Å²) in [6.45, 7) is 0. The Labute approximate surface area is 221 Å². The summed E-state index contributed by atoms with van der Waals surface area (Å²) in [7, 11) is 0. The molecule has 0 saturated heterocycles. The Morgan fingerprint density at radius 1 is 0.600 bits per heavy atom. The van der Waals surface area contributed by atoms with E-state index in [1.165, 1.54) is 38.6 Å². The molecule has 0 radical (unpaired) electrons. The Morgan fingerprint density at radius 2 is 1.29 bits per heavy atom. The van der Waals surface area contributed by atoms with Crippen molar-refractivity contribution in [2.24, 2.45) is 0 Å². The number of nitrogens with zero attached hydrogens (tertiary/aromatic N) is 1. The molecule has 3 heteroatoms. The molecule has 0 aliphatic carbocycles. The van der Waals surface area contributed by atoms with Crippen molar-refractivity contribution >= 4 is 65.3 Å².